The van der Waals surface area contributed by atoms with Crippen molar-refractivity contribution in [1.82, 2.24) is 0 Å². The van der Waals surface area contributed by atoms with Crippen LogP contribution in [-0.2, 0) is 11.2 Å². The number of nitrogens with one attached hydrogen (secondary N) is 1. The SMILES string of the molecule is O=C(CCc1cccs1)Nc1ccccc1SC(F)F. The van der Waals surface area contributed by atoms with Crippen molar-refractivity contribution in [2.24, 2.45) is 0 Å². The van der Waals surface area contributed by atoms with Gasteiger partial charge >= 0.3 is 0 Å². The van der Waals surface area contributed by atoms with Crippen LogP contribution in [0.4, 0.5) is 14.5 Å². The van der Waals surface area contributed by atoms with E-state index in [0.717, 1.165) is 4.88 Å². The molecule has 0 spiro atoms. The number of thiophene rings is 1. The first-order chi connectivity index (χ1) is 9.65. The van der Waals surface area contributed by atoms with Gasteiger partial charge in [-0.25, -0.2) is 0 Å². The van der Waals surface area contributed by atoms with Crippen molar-refractivity contribution in [2.75, 3.05) is 5.32 Å². The molecule has 0 aliphatic rings. The average molecular weight is 313 g/mol. The highest BCUT2D eigenvalue weighted by atomic mass is 32.2. The third-order valence-corrected chi connectivity index (χ3v) is 4.28. The van der Waals surface area contributed by atoms with Gasteiger partial charge in [0.25, 0.3) is 5.76 Å². The first kappa shape index (κ1) is 15.0. The topological polar surface area (TPSA) is 29.1 Å². The number of halogens is 2. The second-order valence-corrected chi connectivity index (χ2v) is 6.07. The molecule has 0 bridgehead atoms. The number of hydrogen-bond donors (Lipinski definition) is 1. The highest BCUT2D eigenvalue weighted by molar-refractivity contribution is 7.99. The highest BCUT2D eigenvalue weighted by Gasteiger charge is 2.11. The molecule has 0 aliphatic carbocycles. The Bertz CT molecular complexity index is 558. The summed E-state index contributed by atoms with van der Waals surface area (Å²) in [6.45, 7) is 0. The zero-order chi connectivity index (χ0) is 14.4. The van der Waals surface area contributed by atoms with Gasteiger partial charge in [0.1, 0.15) is 0 Å². The van der Waals surface area contributed by atoms with Crippen molar-refractivity contribution in [3.63, 3.8) is 0 Å². The van der Waals surface area contributed by atoms with Crippen LogP contribution in [0.2, 0.25) is 0 Å². The zero-order valence-corrected chi connectivity index (χ0v) is 12.1. The number of carbonyl (C=O) groups is 1. The van der Waals surface area contributed by atoms with Gasteiger partial charge in [-0.3, -0.25) is 4.79 Å². The van der Waals surface area contributed by atoms with Gasteiger partial charge in [0.05, 0.1) is 5.69 Å². The number of carbonyl (C=O) groups excluding carboxylic acids is 1. The van der Waals surface area contributed by atoms with E-state index in [1.807, 2.05) is 17.5 Å². The van der Waals surface area contributed by atoms with Crippen molar-refractivity contribution in [2.45, 2.75) is 23.5 Å². The van der Waals surface area contributed by atoms with Crippen LogP contribution in [0, 0.1) is 0 Å². The Morgan fingerprint density at radius 3 is 2.75 bits per heavy atom. The zero-order valence-electron chi connectivity index (χ0n) is 10.5. The summed E-state index contributed by atoms with van der Waals surface area (Å²) in [6.07, 6.45) is 1.00. The van der Waals surface area contributed by atoms with Crippen molar-refractivity contribution >= 4 is 34.7 Å². The second-order valence-electron chi connectivity index (χ2n) is 4.00. The lowest BCUT2D eigenvalue weighted by Crippen LogP contribution is -2.12. The summed E-state index contributed by atoms with van der Waals surface area (Å²) in [6, 6.07) is 10.5. The number of para-hydroxylation sites is 1. The predicted molar refractivity (Wildman–Crippen MR) is 79.6 cm³/mol. The molecule has 1 aromatic carbocycles. The Kier molecular flexibility index (Phi) is 5.55. The maximum atomic E-state index is 12.4. The molecule has 20 heavy (non-hydrogen) atoms. The van der Waals surface area contributed by atoms with Gasteiger partial charge in [0.2, 0.25) is 5.91 Å². The first-order valence-electron chi connectivity index (χ1n) is 6.01. The van der Waals surface area contributed by atoms with E-state index >= 15 is 0 Å². The Balaban J connectivity index is 1.93. The van der Waals surface area contributed by atoms with Crippen molar-refractivity contribution < 1.29 is 13.6 Å². The summed E-state index contributed by atoms with van der Waals surface area (Å²) in [5.74, 6) is -2.67. The molecule has 0 saturated carbocycles. The molecular formula is C14H13F2NOS2. The summed E-state index contributed by atoms with van der Waals surface area (Å²) in [4.78, 5) is 13.4. The molecule has 0 aliphatic heterocycles. The maximum absolute atomic E-state index is 12.4. The fourth-order valence-electron chi connectivity index (χ4n) is 1.67. The van der Waals surface area contributed by atoms with Gasteiger partial charge in [0.15, 0.2) is 0 Å². The fraction of sp³-hybridized carbons (Fsp3) is 0.214. The van der Waals surface area contributed by atoms with Crippen molar-refractivity contribution in [3.8, 4) is 0 Å². The fourth-order valence-corrected chi connectivity index (χ4v) is 2.98. The van der Waals surface area contributed by atoms with Gasteiger partial charge in [-0.15, -0.1) is 11.3 Å². The first-order valence-corrected chi connectivity index (χ1v) is 7.77. The number of anilines is 1. The molecule has 1 aromatic heterocycles. The summed E-state index contributed by atoms with van der Waals surface area (Å²) < 4.78 is 24.8. The molecule has 0 radical (unpaired) electrons. The lowest BCUT2D eigenvalue weighted by molar-refractivity contribution is -0.116. The average Bonchev–Trinajstić information content (AvgIpc) is 2.91. The Labute approximate surface area is 124 Å². The number of alkyl halides is 2. The highest BCUT2D eigenvalue weighted by Crippen LogP contribution is 2.31. The van der Waals surface area contributed by atoms with Gasteiger partial charge in [-0.2, -0.15) is 8.78 Å². The minimum Gasteiger partial charge on any atom is -0.325 e. The molecule has 2 aromatic rings. The van der Waals surface area contributed by atoms with E-state index in [2.05, 4.69) is 5.32 Å². The molecule has 1 N–H and O–H groups in total. The standard InChI is InChI=1S/C14H13F2NOS2/c15-14(16)20-12-6-2-1-5-11(12)17-13(18)8-7-10-4-3-9-19-10/h1-6,9,14H,7-8H2,(H,17,18). The minimum atomic E-state index is -2.50. The van der Waals surface area contributed by atoms with Crippen LogP contribution in [0.3, 0.4) is 0 Å². The Hall–Kier alpha value is -1.40. The quantitative estimate of drug-likeness (QED) is 0.788. The number of aryl methyl sites for hydroxylation is 1. The predicted octanol–water partition coefficient (Wildman–Crippen LogP) is 4.63. The van der Waals surface area contributed by atoms with E-state index in [4.69, 9.17) is 0 Å². The van der Waals surface area contributed by atoms with Gasteiger partial charge < -0.3 is 5.32 Å². The molecule has 1 heterocycles. The number of benzene rings is 1. The monoisotopic (exact) mass is 313 g/mol. The van der Waals surface area contributed by atoms with Crippen LogP contribution in [-0.4, -0.2) is 11.7 Å². The van der Waals surface area contributed by atoms with E-state index in [0.29, 0.717) is 35.2 Å². The van der Waals surface area contributed by atoms with Crippen LogP contribution in [0.5, 0.6) is 0 Å². The third-order valence-electron chi connectivity index (χ3n) is 2.56. The summed E-state index contributed by atoms with van der Waals surface area (Å²) in [7, 11) is 0. The van der Waals surface area contributed by atoms with E-state index < -0.39 is 5.76 Å². The van der Waals surface area contributed by atoms with Gasteiger partial charge in [-0.05, 0) is 30.0 Å². The summed E-state index contributed by atoms with van der Waals surface area (Å²) in [5.41, 5.74) is 0.439. The maximum Gasteiger partial charge on any atom is 0.288 e. The summed E-state index contributed by atoms with van der Waals surface area (Å²) in [5, 5.41) is 4.65. The lowest BCUT2D eigenvalue weighted by Gasteiger charge is -2.10. The third kappa shape index (κ3) is 4.61. The molecule has 1 amide bonds. The Morgan fingerprint density at radius 1 is 1.25 bits per heavy atom. The minimum absolute atomic E-state index is 0.166. The van der Waals surface area contributed by atoms with E-state index in [1.165, 1.54) is 0 Å². The normalized spacial score (nSPS) is 10.8. The van der Waals surface area contributed by atoms with Crippen LogP contribution in [0.1, 0.15) is 11.3 Å². The molecule has 0 unspecified atom stereocenters. The van der Waals surface area contributed by atoms with Crippen molar-refractivity contribution in [3.05, 3.63) is 46.7 Å². The van der Waals surface area contributed by atoms with Crippen molar-refractivity contribution in [1.29, 1.82) is 0 Å². The number of amides is 1. The van der Waals surface area contributed by atoms with E-state index in [9.17, 15) is 13.6 Å². The molecule has 0 saturated heterocycles. The lowest BCUT2D eigenvalue weighted by atomic mass is 10.2. The molecule has 0 fully saturated rings. The molecule has 6 heteroatoms. The van der Waals surface area contributed by atoms with E-state index in [-0.39, 0.29) is 5.91 Å². The van der Waals surface area contributed by atoms with Crippen LogP contribution >= 0.6 is 23.1 Å². The number of thioether (sulfide) groups is 1. The van der Waals surface area contributed by atoms with Gasteiger partial charge in [-0.1, -0.05) is 30.0 Å². The molecule has 106 valence electrons. The Morgan fingerprint density at radius 2 is 2.05 bits per heavy atom. The molecule has 2 nitrogen and oxygen atoms in total. The molecule has 0 atom stereocenters. The largest absolute Gasteiger partial charge is 0.325 e. The van der Waals surface area contributed by atoms with Crippen LogP contribution in [0.25, 0.3) is 0 Å². The van der Waals surface area contributed by atoms with Crippen LogP contribution in [0.15, 0.2) is 46.7 Å². The van der Waals surface area contributed by atoms with E-state index in [1.54, 1.807) is 35.6 Å². The second kappa shape index (κ2) is 7.40. The smallest absolute Gasteiger partial charge is 0.288 e. The number of rotatable bonds is 6. The molecular weight excluding hydrogens is 300 g/mol. The molecule has 2 rings (SSSR count). The number of hydrogen-bond acceptors (Lipinski definition) is 3. The van der Waals surface area contributed by atoms with Crippen LogP contribution < -0.4 is 5.32 Å². The summed E-state index contributed by atoms with van der Waals surface area (Å²) >= 11 is 2.04. The van der Waals surface area contributed by atoms with Gasteiger partial charge in [0, 0.05) is 16.2 Å².